The molecule has 0 bridgehead atoms. The number of carbonyl (C=O) groups is 4. The molecular formula is C58H96ClN5O16. The minimum atomic E-state index is -1.87. The Bertz CT molecular complexity index is 2270. The molecule has 456 valence electrons. The lowest BCUT2D eigenvalue weighted by Gasteiger charge is -2.49. The molecule has 0 radical (unpaired) electrons. The van der Waals surface area contributed by atoms with Gasteiger partial charge in [-0.05, 0) is 127 Å². The van der Waals surface area contributed by atoms with E-state index in [1.807, 2.05) is 56.7 Å². The summed E-state index contributed by atoms with van der Waals surface area (Å²) >= 11 is 6.75. The molecule has 4 fully saturated rings. The zero-order valence-corrected chi connectivity index (χ0v) is 51.1. The molecule has 5 N–H and O–H groups in total. The van der Waals surface area contributed by atoms with E-state index in [4.69, 9.17) is 49.5 Å². The molecule has 1 aromatic carbocycles. The molecule has 6 rings (SSSR count). The number of nitrogens with one attached hydrogen (secondary N) is 1. The number of aliphatic hydroxyl groups excluding tert-OH is 2. The molecule has 1 saturated carbocycles. The number of hydrogen-bond donors (Lipinski definition) is 5. The molecule has 22 heteroatoms. The van der Waals surface area contributed by atoms with E-state index in [1.54, 1.807) is 60.6 Å². The third kappa shape index (κ3) is 15.1. The van der Waals surface area contributed by atoms with Crippen molar-refractivity contribution in [1.29, 1.82) is 0 Å². The van der Waals surface area contributed by atoms with Gasteiger partial charge in [0.25, 0.3) is 0 Å². The predicted octanol–water partition coefficient (Wildman–Crippen LogP) is 4.49. The lowest BCUT2D eigenvalue weighted by atomic mass is 9.77. The van der Waals surface area contributed by atoms with Crippen LogP contribution in [0.5, 0.6) is 0 Å². The Labute approximate surface area is 479 Å². The van der Waals surface area contributed by atoms with Crippen molar-refractivity contribution in [3.63, 3.8) is 0 Å². The quantitative estimate of drug-likeness (QED) is 0.0819. The zero-order valence-electron chi connectivity index (χ0n) is 50.3. The van der Waals surface area contributed by atoms with Crippen LogP contribution in [0.2, 0.25) is 5.02 Å². The minimum absolute atomic E-state index is 0.0317. The number of fused-ring (bicyclic) bond motifs is 1. The first-order chi connectivity index (χ1) is 37.4. The summed E-state index contributed by atoms with van der Waals surface area (Å²) in [4.78, 5) is 62.3. The number of likely N-dealkylation sites (N-methyl/N-ethyl adjacent to an activating group) is 3. The average molecular weight is 1150 g/mol. The summed E-state index contributed by atoms with van der Waals surface area (Å²) in [6.07, 6.45) is -7.15. The molecule has 21 nitrogen and oxygen atoms in total. The maximum atomic E-state index is 14.6. The van der Waals surface area contributed by atoms with Crippen LogP contribution in [0.1, 0.15) is 125 Å². The fraction of sp³-hybridized carbons (Fsp3) is 0.828. The lowest BCUT2D eigenvalue weighted by molar-refractivity contribution is -0.318. The molecule has 80 heavy (non-hydrogen) atoms. The molecule has 0 amide bonds. The van der Waals surface area contributed by atoms with Gasteiger partial charge in [-0.3, -0.25) is 19.2 Å². The SMILES string of the molecule is CC[C@H]1OC(=O)[C@H](C)[C@@H](O[C@H]2C[C@@](C)(OC)[C@@H](OC(=O)CCN(C)CCNc3cc4c(cc3Cl)N(C3CC3)CC(C(=O)OC)C4=O)[C@H](C)O2)[C@H](C)[C@@H](O[C@@H]2O[C@H](C)C[C@H](N(C)C)[C@H]2O)[C@](C)(O)C[C@@H](C)CN(C)[C@H](C)[C@@H](O)[C@]1(C)O. The number of nitrogens with zero attached hydrogens (tertiary/aromatic N) is 4. The molecular weight excluding hydrogens is 1060 g/mol. The van der Waals surface area contributed by atoms with Crippen LogP contribution in [0.4, 0.5) is 11.4 Å². The molecule has 4 aliphatic heterocycles. The van der Waals surface area contributed by atoms with Gasteiger partial charge in [0, 0.05) is 81.5 Å². The number of rotatable bonds is 17. The monoisotopic (exact) mass is 1150 g/mol. The van der Waals surface area contributed by atoms with Crippen molar-refractivity contribution in [2.45, 2.75) is 211 Å². The van der Waals surface area contributed by atoms with Gasteiger partial charge in [0.2, 0.25) is 0 Å². The summed E-state index contributed by atoms with van der Waals surface area (Å²) in [6, 6.07) is 2.81. The maximum absolute atomic E-state index is 14.6. The van der Waals surface area contributed by atoms with E-state index in [0.717, 1.165) is 18.5 Å². The Kier molecular flexibility index (Phi) is 22.4. The number of esters is 3. The van der Waals surface area contributed by atoms with Crippen LogP contribution >= 0.6 is 11.6 Å². The molecule has 3 saturated heterocycles. The van der Waals surface area contributed by atoms with E-state index in [0.29, 0.717) is 48.9 Å². The summed E-state index contributed by atoms with van der Waals surface area (Å²) in [5, 5.41) is 52.0. The number of benzene rings is 1. The largest absolute Gasteiger partial charge is 0.468 e. The number of carbonyl (C=O) groups excluding carboxylic acids is 4. The molecule has 1 aromatic rings. The van der Waals surface area contributed by atoms with Crippen LogP contribution in [0.15, 0.2) is 12.1 Å². The van der Waals surface area contributed by atoms with E-state index < -0.39 is 114 Å². The molecule has 4 heterocycles. The van der Waals surface area contributed by atoms with Crippen molar-refractivity contribution in [3.05, 3.63) is 22.7 Å². The van der Waals surface area contributed by atoms with Crippen molar-refractivity contribution in [2.75, 3.05) is 85.4 Å². The second-order valence-corrected chi connectivity index (χ2v) is 25.2. The van der Waals surface area contributed by atoms with E-state index in [2.05, 4.69) is 10.2 Å². The molecule has 0 spiro atoms. The number of aliphatic hydroxyl groups is 4. The number of halogens is 1. The van der Waals surface area contributed by atoms with Crippen molar-refractivity contribution in [1.82, 2.24) is 14.7 Å². The number of cyclic esters (lactones) is 1. The topological polar surface area (TPSA) is 248 Å². The van der Waals surface area contributed by atoms with Gasteiger partial charge in [-0.25, -0.2) is 0 Å². The van der Waals surface area contributed by atoms with E-state index >= 15 is 0 Å². The van der Waals surface area contributed by atoms with Crippen molar-refractivity contribution < 1.29 is 77.5 Å². The van der Waals surface area contributed by atoms with Crippen molar-refractivity contribution in [2.24, 2.45) is 23.7 Å². The highest BCUT2D eigenvalue weighted by molar-refractivity contribution is 6.34. The Morgan fingerprint density at radius 3 is 2.21 bits per heavy atom. The smallest absolute Gasteiger partial charge is 0.318 e. The maximum Gasteiger partial charge on any atom is 0.318 e. The Hall–Kier alpha value is -3.29. The number of ether oxygens (including phenoxy) is 8. The molecule has 5 aliphatic rings. The second-order valence-electron chi connectivity index (χ2n) is 24.8. The highest BCUT2D eigenvalue weighted by Gasteiger charge is 2.54. The Balaban J connectivity index is 1.17. The standard InChI is InChI=1S/C58H96ClN5O16/c1-17-44-58(10,72)50(68)35(6)63(14)29-31(2)27-56(8,71)51(80-55-48(67)43(61(11)12)24-32(3)75-55)33(4)49(34(5)53(69)77-44)79-46-28-57(9,74-16)52(36(7)76-46)78-45(65)20-22-62(13)23-21-60-41-25-38-42(26-40(41)59)64(37-18-19-37)30-39(47(38)66)54(70)73-15/h25-26,31-37,39,43-44,46,48-52,55,60,67-68,71-72H,17-24,27-30H2,1-16H3/t31-,32-,33+,34-,35-,36+,39?,43+,44-,46+,48-,49+,50-,51-,52+,55+,56-,57-,58-/m1/s1. The van der Waals surface area contributed by atoms with Gasteiger partial charge in [0.1, 0.15) is 35.4 Å². The number of hydrogen-bond acceptors (Lipinski definition) is 21. The Morgan fingerprint density at radius 2 is 1.60 bits per heavy atom. The molecule has 1 aliphatic carbocycles. The number of ketones is 1. The number of methoxy groups -OCH3 is 2. The first-order valence-electron chi connectivity index (χ1n) is 28.8. The van der Waals surface area contributed by atoms with Crippen molar-refractivity contribution >= 4 is 46.7 Å². The molecule has 1 unspecified atom stereocenters. The Morgan fingerprint density at radius 1 is 0.925 bits per heavy atom. The average Bonchev–Trinajstić information content (AvgIpc) is 4.40. The van der Waals surface area contributed by atoms with Crippen LogP contribution in [0.3, 0.4) is 0 Å². The molecule has 19 atom stereocenters. The second kappa shape index (κ2) is 27.2. The first kappa shape index (κ1) is 65.9. The van der Waals surface area contributed by atoms with E-state index in [1.165, 1.54) is 21.1 Å². The summed E-state index contributed by atoms with van der Waals surface area (Å²) in [5.41, 5.74) is -2.98. The normalized spacial score (nSPS) is 39.0. The van der Waals surface area contributed by atoms with Crippen LogP contribution in [0.25, 0.3) is 0 Å². The third-order valence-corrected chi connectivity index (χ3v) is 18.1. The van der Waals surface area contributed by atoms with E-state index in [9.17, 15) is 39.6 Å². The van der Waals surface area contributed by atoms with Gasteiger partial charge < -0.3 is 83.2 Å². The van der Waals surface area contributed by atoms with Gasteiger partial charge in [-0.1, -0.05) is 32.4 Å². The van der Waals surface area contributed by atoms with Crippen LogP contribution in [0, 0.1) is 23.7 Å². The highest BCUT2D eigenvalue weighted by Crippen LogP contribution is 2.44. The van der Waals surface area contributed by atoms with E-state index in [-0.39, 0.29) is 62.1 Å². The van der Waals surface area contributed by atoms with Gasteiger partial charge in [0.05, 0.1) is 60.2 Å². The number of anilines is 2. The van der Waals surface area contributed by atoms with Gasteiger partial charge in [-0.15, -0.1) is 0 Å². The van der Waals surface area contributed by atoms with Gasteiger partial charge >= 0.3 is 17.9 Å². The lowest BCUT2D eigenvalue weighted by Crippen LogP contribution is -2.61. The first-order valence-corrected chi connectivity index (χ1v) is 29.2. The minimum Gasteiger partial charge on any atom is -0.468 e. The number of Topliss-reactive ketones (excluding diaryl/α,β-unsaturated/α-hetero) is 1. The highest BCUT2D eigenvalue weighted by atomic mass is 35.5. The van der Waals surface area contributed by atoms with Gasteiger partial charge in [0.15, 0.2) is 24.5 Å². The fourth-order valence-corrected chi connectivity index (χ4v) is 12.9. The van der Waals surface area contributed by atoms with Gasteiger partial charge in [-0.2, -0.15) is 0 Å². The summed E-state index contributed by atoms with van der Waals surface area (Å²) in [6.45, 7) is 19.5. The third-order valence-electron chi connectivity index (χ3n) is 17.8. The van der Waals surface area contributed by atoms with Crippen LogP contribution in [-0.4, -0.2) is 230 Å². The van der Waals surface area contributed by atoms with Crippen LogP contribution in [-0.2, 0) is 52.3 Å². The van der Waals surface area contributed by atoms with Crippen LogP contribution < -0.4 is 10.2 Å². The summed E-state index contributed by atoms with van der Waals surface area (Å²) in [5.74, 6) is -5.15. The molecule has 0 aromatic heterocycles. The fourth-order valence-electron chi connectivity index (χ4n) is 12.7. The predicted molar refractivity (Wildman–Crippen MR) is 300 cm³/mol. The summed E-state index contributed by atoms with van der Waals surface area (Å²) in [7, 11) is 10.2. The zero-order chi connectivity index (χ0) is 59.5. The van der Waals surface area contributed by atoms with Crippen molar-refractivity contribution in [3.8, 4) is 0 Å². The summed E-state index contributed by atoms with van der Waals surface area (Å²) < 4.78 is 50.1.